The number of ether oxygens (including phenoxy) is 1. The van der Waals surface area contributed by atoms with E-state index in [1.165, 1.54) is 18.2 Å². The highest BCUT2D eigenvalue weighted by Crippen LogP contribution is 2.24. The smallest absolute Gasteiger partial charge is 0.273 e. The third-order valence-electron chi connectivity index (χ3n) is 4.17. The lowest BCUT2D eigenvalue weighted by atomic mass is 10.1. The van der Waals surface area contributed by atoms with Crippen LogP contribution in [-0.2, 0) is 16.0 Å². The number of nitro benzene ring substituents is 1. The molecule has 0 aromatic heterocycles. The van der Waals surface area contributed by atoms with Crippen LogP contribution in [0.25, 0.3) is 0 Å². The molecule has 0 bridgehead atoms. The molecule has 6 nitrogen and oxygen atoms in total. The summed E-state index contributed by atoms with van der Waals surface area (Å²) < 4.78 is 19.0. The molecule has 25 heavy (non-hydrogen) atoms. The number of carbonyl (C=O) groups excluding carboxylic acids is 1. The molecule has 1 heterocycles. The van der Waals surface area contributed by atoms with Gasteiger partial charge in [-0.15, -0.1) is 0 Å². The first-order chi connectivity index (χ1) is 12.0. The maximum atomic E-state index is 13.4. The Morgan fingerprint density at radius 1 is 1.28 bits per heavy atom. The van der Waals surface area contributed by atoms with Gasteiger partial charge in [0.05, 0.1) is 24.5 Å². The molecule has 2 aromatic carbocycles. The average molecular weight is 344 g/mol. The van der Waals surface area contributed by atoms with Gasteiger partial charge in [0.25, 0.3) is 5.69 Å². The number of halogens is 1. The largest absolute Gasteiger partial charge is 0.370 e. The number of para-hydroxylation sites is 1. The number of nitrogens with zero attached hydrogens (tertiary/aromatic N) is 2. The summed E-state index contributed by atoms with van der Waals surface area (Å²) in [5.41, 5.74) is 0.986. The molecule has 0 aliphatic carbocycles. The number of hydrogen-bond acceptors (Lipinski definition) is 4. The van der Waals surface area contributed by atoms with Crippen molar-refractivity contribution in [3.63, 3.8) is 0 Å². The van der Waals surface area contributed by atoms with Gasteiger partial charge in [-0.2, -0.15) is 0 Å². The SMILES string of the molecule is O=C(Cc1ccccc1[N+](=O)[O-])N1CCO[C@@H](c2cccc(F)c2)C1. The summed E-state index contributed by atoms with van der Waals surface area (Å²) in [4.78, 5) is 24.8. The molecule has 1 fully saturated rings. The summed E-state index contributed by atoms with van der Waals surface area (Å²) >= 11 is 0. The van der Waals surface area contributed by atoms with E-state index in [-0.39, 0.29) is 23.8 Å². The van der Waals surface area contributed by atoms with Gasteiger partial charge in [-0.25, -0.2) is 4.39 Å². The summed E-state index contributed by atoms with van der Waals surface area (Å²) in [7, 11) is 0. The Labute approximate surface area is 144 Å². The summed E-state index contributed by atoms with van der Waals surface area (Å²) in [6.07, 6.45) is -0.452. The minimum atomic E-state index is -0.489. The van der Waals surface area contributed by atoms with Crippen molar-refractivity contribution in [3.8, 4) is 0 Å². The maximum Gasteiger partial charge on any atom is 0.273 e. The second-order valence-electron chi connectivity index (χ2n) is 5.82. The van der Waals surface area contributed by atoms with Gasteiger partial charge < -0.3 is 9.64 Å². The van der Waals surface area contributed by atoms with E-state index >= 15 is 0 Å². The fourth-order valence-electron chi connectivity index (χ4n) is 2.90. The van der Waals surface area contributed by atoms with Gasteiger partial charge in [0.1, 0.15) is 11.9 Å². The lowest BCUT2D eigenvalue weighted by molar-refractivity contribution is -0.385. The van der Waals surface area contributed by atoms with E-state index in [0.29, 0.717) is 30.8 Å². The summed E-state index contributed by atoms with van der Waals surface area (Å²) in [5, 5.41) is 11.1. The van der Waals surface area contributed by atoms with Crippen molar-refractivity contribution < 1.29 is 18.8 Å². The predicted octanol–water partition coefficient (Wildman–Crippen LogP) is 2.88. The van der Waals surface area contributed by atoms with E-state index < -0.39 is 11.0 Å². The molecule has 7 heteroatoms. The first-order valence-corrected chi connectivity index (χ1v) is 7.92. The Morgan fingerprint density at radius 2 is 2.08 bits per heavy atom. The molecular formula is C18H17FN2O4. The van der Waals surface area contributed by atoms with Gasteiger partial charge in [0, 0.05) is 18.2 Å². The second kappa shape index (κ2) is 7.40. The lowest BCUT2D eigenvalue weighted by Gasteiger charge is -2.33. The number of benzene rings is 2. The van der Waals surface area contributed by atoms with Crippen molar-refractivity contribution in [2.75, 3.05) is 19.7 Å². The molecule has 0 spiro atoms. The normalized spacial score (nSPS) is 17.3. The van der Waals surface area contributed by atoms with Crippen molar-refractivity contribution >= 4 is 11.6 Å². The quantitative estimate of drug-likeness (QED) is 0.631. The van der Waals surface area contributed by atoms with Gasteiger partial charge in [-0.1, -0.05) is 30.3 Å². The Balaban J connectivity index is 1.71. The zero-order chi connectivity index (χ0) is 17.8. The Kier molecular flexibility index (Phi) is 5.04. The van der Waals surface area contributed by atoms with Gasteiger partial charge in [-0.3, -0.25) is 14.9 Å². The lowest BCUT2D eigenvalue weighted by Crippen LogP contribution is -2.43. The van der Waals surface area contributed by atoms with Crippen molar-refractivity contribution in [2.45, 2.75) is 12.5 Å². The first-order valence-electron chi connectivity index (χ1n) is 7.92. The minimum Gasteiger partial charge on any atom is -0.370 e. The molecule has 1 aliphatic heterocycles. The zero-order valence-corrected chi connectivity index (χ0v) is 13.4. The molecule has 0 radical (unpaired) electrons. The fourth-order valence-corrected chi connectivity index (χ4v) is 2.90. The molecule has 1 amide bonds. The average Bonchev–Trinajstić information content (AvgIpc) is 2.62. The maximum absolute atomic E-state index is 13.4. The molecular weight excluding hydrogens is 327 g/mol. The van der Waals surface area contributed by atoms with Crippen LogP contribution in [0.4, 0.5) is 10.1 Å². The van der Waals surface area contributed by atoms with Gasteiger partial charge in [0.15, 0.2) is 0 Å². The monoisotopic (exact) mass is 344 g/mol. The van der Waals surface area contributed by atoms with E-state index in [4.69, 9.17) is 4.74 Å². The van der Waals surface area contributed by atoms with E-state index in [9.17, 15) is 19.3 Å². The van der Waals surface area contributed by atoms with Crippen LogP contribution >= 0.6 is 0 Å². The number of amides is 1. The predicted molar refractivity (Wildman–Crippen MR) is 88.5 cm³/mol. The highest BCUT2D eigenvalue weighted by Gasteiger charge is 2.27. The van der Waals surface area contributed by atoms with Crippen LogP contribution in [0.5, 0.6) is 0 Å². The molecule has 0 unspecified atom stereocenters. The fraction of sp³-hybridized carbons (Fsp3) is 0.278. The van der Waals surface area contributed by atoms with Gasteiger partial charge in [0.2, 0.25) is 5.91 Å². The second-order valence-corrected chi connectivity index (χ2v) is 5.82. The number of nitro groups is 1. The van der Waals surface area contributed by atoms with Crippen LogP contribution in [0.3, 0.4) is 0 Å². The third kappa shape index (κ3) is 4.00. The van der Waals surface area contributed by atoms with Crippen LogP contribution < -0.4 is 0 Å². The van der Waals surface area contributed by atoms with E-state index in [2.05, 4.69) is 0 Å². The first kappa shape index (κ1) is 17.0. The van der Waals surface area contributed by atoms with Crippen molar-refractivity contribution in [3.05, 3.63) is 75.6 Å². The Morgan fingerprint density at radius 3 is 2.84 bits per heavy atom. The van der Waals surface area contributed by atoms with E-state index in [0.717, 1.165) is 0 Å². The third-order valence-corrected chi connectivity index (χ3v) is 4.17. The van der Waals surface area contributed by atoms with Crippen LogP contribution in [0.1, 0.15) is 17.2 Å². The highest BCUT2D eigenvalue weighted by atomic mass is 19.1. The van der Waals surface area contributed by atoms with Crippen molar-refractivity contribution in [2.24, 2.45) is 0 Å². The molecule has 130 valence electrons. The zero-order valence-electron chi connectivity index (χ0n) is 13.4. The molecule has 0 saturated carbocycles. The molecule has 3 rings (SSSR count). The molecule has 1 aliphatic rings. The van der Waals surface area contributed by atoms with Crippen LogP contribution in [-0.4, -0.2) is 35.4 Å². The number of rotatable bonds is 4. The molecule has 2 aromatic rings. The van der Waals surface area contributed by atoms with Crippen molar-refractivity contribution in [1.29, 1.82) is 0 Å². The van der Waals surface area contributed by atoms with Crippen LogP contribution in [0.2, 0.25) is 0 Å². The van der Waals surface area contributed by atoms with Crippen LogP contribution in [0.15, 0.2) is 48.5 Å². The molecule has 1 atom stereocenters. The molecule has 1 saturated heterocycles. The van der Waals surface area contributed by atoms with Gasteiger partial charge in [-0.05, 0) is 17.7 Å². The van der Waals surface area contributed by atoms with Crippen molar-refractivity contribution in [1.82, 2.24) is 4.90 Å². The summed E-state index contributed by atoms with van der Waals surface area (Å²) in [5.74, 6) is -0.566. The minimum absolute atomic E-state index is 0.0486. The number of hydrogen-bond donors (Lipinski definition) is 0. The van der Waals surface area contributed by atoms with E-state index in [1.807, 2.05) is 0 Å². The highest BCUT2D eigenvalue weighted by molar-refractivity contribution is 5.80. The summed E-state index contributed by atoms with van der Waals surface area (Å²) in [6.45, 7) is 1.04. The van der Waals surface area contributed by atoms with Gasteiger partial charge >= 0.3 is 0 Å². The molecule has 0 N–H and O–H groups in total. The van der Waals surface area contributed by atoms with E-state index in [1.54, 1.807) is 35.2 Å². The number of carbonyl (C=O) groups is 1. The summed E-state index contributed by atoms with van der Waals surface area (Å²) in [6, 6.07) is 12.3. The van der Waals surface area contributed by atoms with Crippen LogP contribution in [0, 0.1) is 15.9 Å². The number of morpholine rings is 1. The Hall–Kier alpha value is -2.80. The Bertz CT molecular complexity index is 796. The topological polar surface area (TPSA) is 72.7 Å². The standard InChI is InChI=1S/C18H17FN2O4/c19-15-6-3-5-14(10-15)17-12-20(8-9-25-17)18(22)11-13-4-1-2-7-16(13)21(23)24/h1-7,10,17H,8-9,11-12H2/t17-/m1/s1.